The van der Waals surface area contributed by atoms with E-state index >= 15 is 0 Å². The van der Waals surface area contributed by atoms with E-state index in [-0.39, 0.29) is 5.41 Å². The lowest BCUT2D eigenvalue weighted by Crippen LogP contribution is -2.22. The topological polar surface area (TPSA) is 68.2 Å². The standard InChI is InChI=1S/C16H22N4O/c1-16(2)7-5-6-10-11-12(21-13(10)16)14(19-15(17)18-11)20-8-3-4-9-20/h3-9H2,1-2H3,(H2,17,18,19). The van der Waals surface area contributed by atoms with Crippen molar-refractivity contribution < 1.29 is 4.42 Å². The number of hydrogen-bond acceptors (Lipinski definition) is 5. The molecule has 1 fully saturated rings. The van der Waals surface area contributed by atoms with Gasteiger partial charge in [0, 0.05) is 24.1 Å². The molecule has 5 nitrogen and oxygen atoms in total. The maximum atomic E-state index is 6.28. The molecule has 0 amide bonds. The van der Waals surface area contributed by atoms with Gasteiger partial charge in [-0.3, -0.25) is 0 Å². The fraction of sp³-hybridized carbons (Fsp3) is 0.625. The van der Waals surface area contributed by atoms with Crippen LogP contribution in [0.1, 0.15) is 50.9 Å². The number of nitrogen functional groups attached to an aromatic ring is 1. The van der Waals surface area contributed by atoms with Crippen LogP contribution in [0.5, 0.6) is 0 Å². The van der Waals surface area contributed by atoms with Crippen LogP contribution in [0.25, 0.3) is 11.1 Å². The summed E-state index contributed by atoms with van der Waals surface area (Å²) in [6, 6.07) is 0. The highest BCUT2D eigenvalue weighted by Crippen LogP contribution is 2.43. The SMILES string of the molecule is CC1(C)CCCc2c1oc1c(N3CCCC3)nc(N)nc21. The number of furan rings is 1. The van der Waals surface area contributed by atoms with Gasteiger partial charge in [0.05, 0.1) is 0 Å². The summed E-state index contributed by atoms with van der Waals surface area (Å²) in [7, 11) is 0. The van der Waals surface area contributed by atoms with Crippen LogP contribution in [-0.2, 0) is 11.8 Å². The fourth-order valence-corrected chi connectivity index (χ4v) is 3.77. The summed E-state index contributed by atoms with van der Waals surface area (Å²) in [5.41, 5.74) is 9.06. The highest BCUT2D eigenvalue weighted by atomic mass is 16.3. The molecule has 5 heteroatoms. The first-order chi connectivity index (χ1) is 10.1. The minimum absolute atomic E-state index is 0.0747. The molecule has 112 valence electrons. The largest absolute Gasteiger partial charge is 0.455 e. The van der Waals surface area contributed by atoms with Gasteiger partial charge in [-0.2, -0.15) is 4.98 Å². The molecule has 0 unspecified atom stereocenters. The molecular formula is C16H22N4O. The minimum atomic E-state index is 0.0747. The van der Waals surface area contributed by atoms with Crippen LogP contribution in [0.4, 0.5) is 11.8 Å². The molecule has 1 saturated heterocycles. The summed E-state index contributed by atoms with van der Waals surface area (Å²) in [6.45, 7) is 6.56. The molecule has 3 heterocycles. The van der Waals surface area contributed by atoms with Crippen molar-refractivity contribution in [3.8, 4) is 0 Å². The molecule has 0 bridgehead atoms. The smallest absolute Gasteiger partial charge is 0.222 e. The third-order valence-corrected chi connectivity index (χ3v) is 4.88. The molecule has 0 aromatic carbocycles. The lowest BCUT2D eigenvalue weighted by molar-refractivity contribution is 0.345. The summed E-state index contributed by atoms with van der Waals surface area (Å²) in [5, 5.41) is 0. The Morgan fingerprint density at radius 2 is 1.90 bits per heavy atom. The zero-order chi connectivity index (χ0) is 14.6. The Balaban J connectivity index is 1.97. The van der Waals surface area contributed by atoms with Crippen molar-refractivity contribution in [3.05, 3.63) is 11.3 Å². The van der Waals surface area contributed by atoms with E-state index in [0.717, 1.165) is 48.6 Å². The van der Waals surface area contributed by atoms with Gasteiger partial charge >= 0.3 is 0 Å². The van der Waals surface area contributed by atoms with Crippen LogP contribution in [0, 0.1) is 0 Å². The maximum Gasteiger partial charge on any atom is 0.222 e. The van der Waals surface area contributed by atoms with E-state index in [1.165, 1.54) is 24.8 Å². The second-order valence-electron chi connectivity index (χ2n) is 6.92. The fourth-order valence-electron chi connectivity index (χ4n) is 3.77. The third-order valence-electron chi connectivity index (χ3n) is 4.88. The molecule has 4 rings (SSSR count). The Hall–Kier alpha value is -1.78. The van der Waals surface area contributed by atoms with E-state index in [2.05, 4.69) is 28.7 Å². The van der Waals surface area contributed by atoms with Crippen LogP contribution >= 0.6 is 0 Å². The summed E-state index contributed by atoms with van der Waals surface area (Å²) >= 11 is 0. The molecule has 2 N–H and O–H groups in total. The molecule has 21 heavy (non-hydrogen) atoms. The molecular weight excluding hydrogens is 264 g/mol. The number of nitrogens with two attached hydrogens (primary N) is 1. The molecule has 1 aliphatic carbocycles. The lowest BCUT2D eigenvalue weighted by atomic mass is 9.77. The predicted molar refractivity (Wildman–Crippen MR) is 83.6 cm³/mol. The number of aryl methyl sites for hydroxylation is 1. The molecule has 2 aromatic rings. The van der Waals surface area contributed by atoms with E-state index < -0.39 is 0 Å². The molecule has 0 radical (unpaired) electrons. The Morgan fingerprint density at radius 3 is 2.67 bits per heavy atom. The van der Waals surface area contributed by atoms with E-state index in [9.17, 15) is 0 Å². The van der Waals surface area contributed by atoms with Crippen LogP contribution in [-0.4, -0.2) is 23.1 Å². The van der Waals surface area contributed by atoms with Crippen LogP contribution in [0.3, 0.4) is 0 Å². The average molecular weight is 286 g/mol. The summed E-state index contributed by atoms with van der Waals surface area (Å²) in [5.74, 6) is 2.33. The Bertz CT molecular complexity index is 698. The van der Waals surface area contributed by atoms with Gasteiger partial charge < -0.3 is 15.1 Å². The van der Waals surface area contributed by atoms with Crippen molar-refractivity contribution in [2.24, 2.45) is 0 Å². The normalized spacial score (nSPS) is 21.0. The van der Waals surface area contributed by atoms with Crippen molar-refractivity contribution in [1.29, 1.82) is 0 Å². The van der Waals surface area contributed by atoms with Crippen molar-refractivity contribution in [1.82, 2.24) is 9.97 Å². The first kappa shape index (κ1) is 12.9. The van der Waals surface area contributed by atoms with Crippen molar-refractivity contribution in [2.45, 2.75) is 51.4 Å². The van der Waals surface area contributed by atoms with Crippen LogP contribution in [0.2, 0.25) is 0 Å². The van der Waals surface area contributed by atoms with Crippen molar-refractivity contribution in [2.75, 3.05) is 23.7 Å². The summed E-state index contributed by atoms with van der Waals surface area (Å²) in [6.07, 6.45) is 5.77. The van der Waals surface area contributed by atoms with Gasteiger partial charge in [0.1, 0.15) is 11.3 Å². The molecule has 0 saturated carbocycles. The lowest BCUT2D eigenvalue weighted by Gasteiger charge is -2.27. The molecule has 2 aliphatic rings. The van der Waals surface area contributed by atoms with E-state index in [4.69, 9.17) is 10.2 Å². The number of aromatic nitrogens is 2. The predicted octanol–water partition coefficient (Wildman–Crippen LogP) is 3.02. The zero-order valence-electron chi connectivity index (χ0n) is 12.8. The van der Waals surface area contributed by atoms with Crippen molar-refractivity contribution >= 4 is 22.9 Å². The second kappa shape index (κ2) is 4.36. The molecule has 0 spiro atoms. The van der Waals surface area contributed by atoms with Gasteiger partial charge in [-0.25, -0.2) is 4.98 Å². The number of rotatable bonds is 1. The molecule has 0 atom stereocenters. The molecule has 1 aliphatic heterocycles. The first-order valence-electron chi connectivity index (χ1n) is 7.90. The number of nitrogens with zero attached hydrogens (tertiary/aromatic N) is 3. The second-order valence-corrected chi connectivity index (χ2v) is 6.92. The van der Waals surface area contributed by atoms with Gasteiger partial charge in [0.2, 0.25) is 5.95 Å². The number of anilines is 2. The first-order valence-corrected chi connectivity index (χ1v) is 7.90. The summed E-state index contributed by atoms with van der Waals surface area (Å²) in [4.78, 5) is 11.2. The van der Waals surface area contributed by atoms with Crippen molar-refractivity contribution in [3.63, 3.8) is 0 Å². The van der Waals surface area contributed by atoms with Gasteiger partial charge in [-0.05, 0) is 32.1 Å². The Morgan fingerprint density at radius 1 is 1.14 bits per heavy atom. The Kier molecular flexibility index (Phi) is 2.68. The van der Waals surface area contributed by atoms with E-state index in [1.54, 1.807) is 0 Å². The third kappa shape index (κ3) is 1.90. The van der Waals surface area contributed by atoms with Crippen LogP contribution < -0.4 is 10.6 Å². The average Bonchev–Trinajstić information content (AvgIpc) is 3.06. The van der Waals surface area contributed by atoms with Gasteiger partial charge in [0.15, 0.2) is 11.4 Å². The Labute approximate surface area is 124 Å². The van der Waals surface area contributed by atoms with E-state index in [1.807, 2.05) is 0 Å². The monoisotopic (exact) mass is 286 g/mol. The van der Waals surface area contributed by atoms with Gasteiger partial charge in [-0.15, -0.1) is 0 Å². The zero-order valence-corrected chi connectivity index (χ0v) is 12.8. The maximum absolute atomic E-state index is 6.28. The summed E-state index contributed by atoms with van der Waals surface area (Å²) < 4.78 is 6.28. The van der Waals surface area contributed by atoms with Gasteiger partial charge in [-0.1, -0.05) is 13.8 Å². The number of fused-ring (bicyclic) bond motifs is 3. The van der Waals surface area contributed by atoms with Crippen LogP contribution in [0.15, 0.2) is 4.42 Å². The highest BCUT2D eigenvalue weighted by molar-refractivity contribution is 5.89. The quantitative estimate of drug-likeness (QED) is 0.872. The minimum Gasteiger partial charge on any atom is -0.455 e. The van der Waals surface area contributed by atoms with E-state index in [0.29, 0.717) is 5.95 Å². The molecule has 2 aromatic heterocycles. The highest BCUT2D eigenvalue weighted by Gasteiger charge is 2.35. The van der Waals surface area contributed by atoms with Gasteiger partial charge in [0.25, 0.3) is 0 Å². The number of hydrogen-bond donors (Lipinski definition) is 1.